The van der Waals surface area contributed by atoms with Crippen LogP contribution < -0.4 is 4.72 Å². The maximum Gasteiger partial charge on any atom is 0.244 e. The van der Waals surface area contributed by atoms with Crippen molar-refractivity contribution in [3.63, 3.8) is 0 Å². The van der Waals surface area contributed by atoms with E-state index in [9.17, 15) is 8.42 Å². The molecule has 118 valence electrons. The van der Waals surface area contributed by atoms with Gasteiger partial charge in [-0.25, -0.2) is 13.1 Å². The smallest absolute Gasteiger partial charge is 0.244 e. The van der Waals surface area contributed by atoms with Gasteiger partial charge in [-0.1, -0.05) is 6.42 Å². The van der Waals surface area contributed by atoms with Crippen LogP contribution in [-0.4, -0.2) is 24.2 Å². The fourth-order valence-electron chi connectivity index (χ4n) is 4.31. The summed E-state index contributed by atoms with van der Waals surface area (Å²) in [6.45, 7) is 6.47. The molecule has 0 aromatic carbocycles. The average molecular weight is 311 g/mol. The van der Waals surface area contributed by atoms with E-state index in [4.69, 9.17) is 0 Å². The van der Waals surface area contributed by atoms with Crippen LogP contribution in [0.15, 0.2) is 11.1 Å². The molecule has 0 saturated heterocycles. The molecule has 0 spiro atoms. The summed E-state index contributed by atoms with van der Waals surface area (Å²) in [5, 5.41) is 4.14. The Morgan fingerprint density at radius 2 is 2.19 bits per heavy atom. The molecule has 2 saturated carbocycles. The Labute approximate surface area is 127 Å². The second-order valence-corrected chi connectivity index (χ2v) is 8.34. The monoisotopic (exact) mass is 311 g/mol. The van der Waals surface area contributed by atoms with Gasteiger partial charge in [0, 0.05) is 12.6 Å². The largest absolute Gasteiger partial charge is 0.269 e. The molecule has 3 rings (SSSR count). The quantitative estimate of drug-likeness (QED) is 0.907. The zero-order valence-corrected chi connectivity index (χ0v) is 13.9. The van der Waals surface area contributed by atoms with Crippen LogP contribution >= 0.6 is 0 Å². The lowest BCUT2D eigenvalue weighted by atomic mass is 9.84. The van der Waals surface area contributed by atoms with Gasteiger partial charge in [-0.05, 0) is 57.8 Å². The molecule has 2 fully saturated rings. The Kier molecular flexibility index (Phi) is 3.86. The second-order valence-electron chi connectivity index (χ2n) is 6.66. The number of sulfonamides is 1. The van der Waals surface area contributed by atoms with Gasteiger partial charge in [0.25, 0.3) is 0 Å². The van der Waals surface area contributed by atoms with Gasteiger partial charge < -0.3 is 0 Å². The first-order valence-electron chi connectivity index (χ1n) is 7.97. The number of fused-ring (bicyclic) bond motifs is 2. The lowest BCUT2D eigenvalue weighted by Crippen LogP contribution is -2.40. The number of aromatic nitrogens is 2. The lowest BCUT2D eigenvalue weighted by Gasteiger charge is -2.28. The molecule has 5 nitrogen and oxygen atoms in total. The average Bonchev–Trinajstić information content (AvgIpc) is 3.12. The minimum absolute atomic E-state index is 0.00896. The standard InChI is InChI=1S/C15H25N3O2S/c1-4-18-11(3)15(9-16-18)21(19,20)17-10(2)14-8-12-5-6-13(14)7-12/h9-10,12-14,17H,4-8H2,1-3H3. The Bertz CT molecular complexity index is 623. The third-order valence-corrected chi connectivity index (χ3v) is 7.09. The van der Waals surface area contributed by atoms with Gasteiger partial charge in [-0.3, -0.25) is 4.68 Å². The van der Waals surface area contributed by atoms with Gasteiger partial charge in [0.05, 0.1) is 11.9 Å². The zero-order valence-electron chi connectivity index (χ0n) is 13.0. The Balaban J connectivity index is 1.75. The maximum atomic E-state index is 12.6. The molecule has 1 heterocycles. The molecule has 2 bridgehead atoms. The van der Waals surface area contributed by atoms with Gasteiger partial charge in [0.15, 0.2) is 0 Å². The van der Waals surface area contributed by atoms with E-state index in [1.54, 1.807) is 4.68 Å². The molecule has 1 aromatic heterocycles. The van der Waals surface area contributed by atoms with E-state index in [2.05, 4.69) is 9.82 Å². The minimum Gasteiger partial charge on any atom is -0.269 e. The number of aryl methyl sites for hydroxylation is 1. The van der Waals surface area contributed by atoms with E-state index in [0.29, 0.717) is 29.0 Å². The predicted molar refractivity (Wildman–Crippen MR) is 81.4 cm³/mol. The van der Waals surface area contributed by atoms with Crippen molar-refractivity contribution in [3.05, 3.63) is 11.9 Å². The molecule has 4 atom stereocenters. The van der Waals surface area contributed by atoms with E-state index in [1.807, 2.05) is 20.8 Å². The molecule has 1 aromatic rings. The number of rotatable bonds is 5. The van der Waals surface area contributed by atoms with Crippen LogP contribution in [0.1, 0.15) is 45.2 Å². The number of nitrogens with zero attached hydrogens (tertiary/aromatic N) is 2. The van der Waals surface area contributed by atoms with Crippen molar-refractivity contribution in [2.24, 2.45) is 17.8 Å². The van der Waals surface area contributed by atoms with Crippen molar-refractivity contribution >= 4 is 10.0 Å². The Hall–Kier alpha value is -0.880. The SMILES string of the molecule is CCn1ncc(S(=O)(=O)NC(C)C2CC3CCC2C3)c1C. The highest BCUT2D eigenvalue weighted by Crippen LogP contribution is 2.49. The fraction of sp³-hybridized carbons (Fsp3) is 0.800. The molecule has 0 amide bonds. The first-order chi connectivity index (χ1) is 9.92. The van der Waals surface area contributed by atoms with Crippen LogP contribution in [0.25, 0.3) is 0 Å². The minimum atomic E-state index is -3.47. The molecular weight excluding hydrogens is 286 g/mol. The van der Waals surface area contributed by atoms with Crippen LogP contribution in [-0.2, 0) is 16.6 Å². The molecule has 2 aliphatic rings. The van der Waals surface area contributed by atoms with Crippen molar-refractivity contribution in [2.75, 3.05) is 0 Å². The zero-order chi connectivity index (χ0) is 15.2. The highest BCUT2D eigenvalue weighted by Gasteiger charge is 2.42. The molecule has 0 radical (unpaired) electrons. The van der Waals surface area contributed by atoms with Crippen molar-refractivity contribution in [1.29, 1.82) is 0 Å². The van der Waals surface area contributed by atoms with E-state index in [1.165, 1.54) is 31.9 Å². The van der Waals surface area contributed by atoms with E-state index >= 15 is 0 Å². The molecule has 6 heteroatoms. The summed E-state index contributed by atoms with van der Waals surface area (Å²) in [5.41, 5.74) is 0.713. The summed E-state index contributed by atoms with van der Waals surface area (Å²) in [7, 11) is -3.47. The molecule has 0 aliphatic heterocycles. The molecule has 1 N–H and O–H groups in total. The summed E-state index contributed by atoms with van der Waals surface area (Å²) in [4.78, 5) is 0.319. The third-order valence-electron chi connectivity index (χ3n) is 5.42. The Morgan fingerprint density at radius 3 is 2.71 bits per heavy atom. The number of hydrogen-bond acceptors (Lipinski definition) is 3. The van der Waals surface area contributed by atoms with Gasteiger partial charge in [-0.2, -0.15) is 5.10 Å². The van der Waals surface area contributed by atoms with E-state index in [-0.39, 0.29) is 6.04 Å². The first kappa shape index (κ1) is 15.0. The topological polar surface area (TPSA) is 64.0 Å². The van der Waals surface area contributed by atoms with Crippen molar-refractivity contribution in [3.8, 4) is 0 Å². The molecular formula is C15H25N3O2S. The van der Waals surface area contributed by atoms with Crippen molar-refractivity contribution in [2.45, 2.75) is 63.9 Å². The van der Waals surface area contributed by atoms with Crippen LogP contribution in [0.2, 0.25) is 0 Å². The van der Waals surface area contributed by atoms with Gasteiger partial charge in [0.1, 0.15) is 4.90 Å². The lowest BCUT2D eigenvalue weighted by molar-refractivity contribution is 0.280. The summed E-state index contributed by atoms with van der Waals surface area (Å²) in [5.74, 6) is 2.05. The van der Waals surface area contributed by atoms with Crippen molar-refractivity contribution < 1.29 is 8.42 Å². The normalized spacial score (nSPS) is 30.0. The van der Waals surface area contributed by atoms with Gasteiger partial charge in [-0.15, -0.1) is 0 Å². The van der Waals surface area contributed by atoms with Crippen LogP contribution in [0.5, 0.6) is 0 Å². The number of hydrogen-bond donors (Lipinski definition) is 1. The fourth-order valence-corrected chi connectivity index (χ4v) is 5.79. The van der Waals surface area contributed by atoms with Gasteiger partial charge >= 0.3 is 0 Å². The highest BCUT2D eigenvalue weighted by atomic mass is 32.2. The van der Waals surface area contributed by atoms with Crippen molar-refractivity contribution in [1.82, 2.24) is 14.5 Å². The van der Waals surface area contributed by atoms with Crippen LogP contribution in [0, 0.1) is 24.7 Å². The predicted octanol–water partition coefficient (Wildman–Crippen LogP) is 2.31. The molecule has 2 aliphatic carbocycles. The number of nitrogens with one attached hydrogen (secondary N) is 1. The van der Waals surface area contributed by atoms with Gasteiger partial charge in [0.2, 0.25) is 10.0 Å². The summed E-state index contributed by atoms with van der Waals surface area (Å²) in [6.07, 6.45) is 6.55. The molecule has 21 heavy (non-hydrogen) atoms. The first-order valence-corrected chi connectivity index (χ1v) is 9.45. The summed E-state index contributed by atoms with van der Waals surface area (Å²) < 4.78 is 29.8. The van der Waals surface area contributed by atoms with E-state index < -0.39 is 10.0 Å². The summed E-state index contributed by atoms with van der Waals surface area (Å²) in [6, 6.07) is 0.00896. The third kappa shape index (κ3) is 2.63. The van der Waals surface area contributed by atoms with Crippen LogP contribution in [0.4, 0.5) is 0 Å². The second kappa shape index (κ2) is 5.39. The highest BCUT2D eigenvalue weighted by molar-refractivity contribution is 7.89. The summed E-state index contributed by atoms with van der Waals surface area (Å²) >= 11 is 0. The maximum absolute atomic E-state index is 12.6. The van der Waals surface area contributed by atoms with E-state index in [0.717, 1.165) is 5.92 Å². The molecule has 4 unspecified atom stereocenters. The Morgan fingerprint density at radius 1 is 1.43 bits per heavy atom. The van der Waals surface area contributed by atoms with Crippen LogP contribution in [0.3, 0.4) is 0 Å².